The molecule has 0 aliphatic heterocycles. The average Bonchev–Trinajstić information content (AvgIpc) is 3.15. The molecule has 12 nitrogen and oxygen atoms in total. The summed E-state index contributed by atoms with van der Waals surface area (Å²) in [5.41, 5.74) is 0. The van der Waals surface area contributed by atoms with Gasteiger partial charge in [-0.3, -0.25) is 0 Å². The van der Waals surface area contributed by atoms with Gasteiger partial charge in [-0.2, -0.15) is 184 Å². The van der Waals surface area contributed by atoms with Crippen LogP contribution in [0.1, 0.15) is 0 Å². The zero-order chi connectivity index (χ0) is 66.5. The second-order valence-corrected chi connectivity index (χ2v) is 11.6. The van der Waals surface area contributed by atoms with Crippen molar-refractivity contribution in [1.82, 2.24) is 0 Å². The van der Waals surface area contributed by atoms with Crippen LogP contribution in [0.15, 0.2) is 0 Å². The molecule has 0 aliphatic carbocycles. The number of alkyl halides is 42. The van der Waals surface area contributed by atoms with E-state index in [9.17, 15) is 244 Å². The monoisotopic (exact) mass is 1480 g/mol. The molecule has 0 saturated carbocycles. The van der Waals surface area contributed by atoms with Gasteiger partial charge in [0.15, 0.2) is 0 Å². The summed E-state index contributed by atoms with van der Waals surface area (Å²) >= 11 is 0. The molecule has 0 aromatic rings. The summed E-state index contributed by atoms with van der Waals surface area (Å²) in [6.45, 7) is 0. The van der Waals surface area contributed by atoms with E-state index in [1.807, 2.05) is 0 Å². The molecule has 0 aliphatic rings. The summed E-state index contributed by atoms with van der Waals surface area (Å²) in [5.74, 6) is -100. The second-order valence-electron chi connectivity index (χ2n) is 11.6. The molecule has 480 valence electrons. The minimum Gasteiger partial charge on any atom is -0.544 e. The minimum absolute atomic E-state index is 0. The van der Waals surface area contributed by atoms with Crippen LogP contribution < -0.4 is 30.6 Å². The summed E-state index contributed by atoms with van der Waals surface area (Å²) in [6.07, 6.45) is -39.9. The van der Waals surface area contributed by atoms with Gasteiger partial charge in [-0.1, -0.05) is 0 Å². The van der Waals surface area contributed by atoms with Gasteiger partial charge >= 0.3 is 147 Å². The summed E-state index contributed by atoms with van der Waals surface area (Å²) in [4.78, 5) is 55.6. The van der Waals surface area contributed by atoms with Crippen molar-refractivity contribution in [3.63, 3.8) is 0 Å². The Hall–Kier alpha value is -4.87. The SMILES string of the molecule is O=C([O-])C(F)(F)C(F)(F)C(F)(F)F.O=C([O-])C(F)(F)C(F)(F)C(F)(F)F.O=C([O-])C(F)(F)C(F)(F)C(F)(F)F.O=C([O-])C(F)(F)C(F)(F)C(F)(F)F.O=C([O-])C(F)(F)C(F)(F)C(F)(F)F.O=C([O-])C(F)(F)C(F)(F)C(F)(F)F.[Rh+3].[Rh+3]. The first-order chi connectivity index (χ1) is 32.7. The van der Waals surface area contributed by atoms with Gasteiger partial charge in [0.25, 0.3) is 0 Å². The Kier molecular flexibility index (Phi) is 30.9. The molecule has 0 N–H and O–H groups in total. The van der Waals surface area contributed by atoms with Crippen LogP contribution in [0.3, 0.4) is 0 Å². The van der Waals surface area contributed by atoms with Gasteiger partial charge in [0.2, 0.25) is 0 Å². The van der Waals surface area contributed by atoms with Crippen molar-refractivity contribution in [2.75, 3.05) is 0 Å². The number of carboxylic acid groups (broad SMARTS) is 6. The molecule has 0 fully saturated rings. The van der Waals surface area contributed by atoms with Crippen LogP contribution in [0, 0.1) is 0 Å². The van der Waals surface area contributed by atoms with E-state index in [1.54, 1.807) is 0 Å². The zero-order valence-electron chi connectivity index (χ0n) is 33.4. The fraction of sp³-hybridized carbons (Fsp3) is 0.750. The quantitative estimate of drug-likeness (QED) is 0.202. The maximum Gasteiger partial charge on any atom is 3.00 e. The van der Waals surface area contributed by atoms with Crippen LogP contribution in [0.5, 0.6) is 0 Å². The van der Waals surface area contributed by atoms with E-state index in [-0.39, 0.29) is 39.0 Å². The zero-order valence-corrected chi connectivity index (χ0v) is 36.7. The third-order valence-corrected chi connectivity index (χ3v) is 6.04. The molecule has 0 amide bonds. The van der Waals surface area contributed by atoms with Crippen LogP contribution in [0.2, 0.25) is 0 Å². The molecular formula is C24F42O12Rh2. The van der Waals surface area contributed by atoms with E-state index < -0.39 is 144 Å². The van der Waals surface area contributed by atoms with Gasteiger partial charge < -0.3 is 59.4 Å². The first-order valence-corrected chi connectivity index (χ1v) is 14.9. The smallest absolute Gasteiger partial charge is 0.544 e. The molecule has 0 spiro atoms. The Morgan fingerprint density at radius 2 is 0.212 bits per heavy atom. The van der Waals surface area contributed by atoms with Crippen molar-refractivity contribution in [3.8, 4) is 0 Å². The number of carbonyl (C=O) groups is 6. The summed E-state index contributed by atoms with van der Waals surface area (Å²) in [7, 11) is 0. The number of hydrogen-bond acceptors (Lipinski definition) is 12. The third kappa shape index (κ3) is 19.7. The van der Waals surface area contributed by atoms with Gasteiger partial charge in [-0.25, -0.2) is 0 Å². The Bertz CT molecular complexity index is 1690. The summed E-state index contributed by atoms with van der Waals surface area (Å²) in [5, 5.41) is 55.6. The van der Waals surface area contributed by atoms with Gasteiger partial charge in [0, 0.05) is 0 Å². The number of aliphatic carboxylic acids is 6. The van der Waals surface area contributed by atoms with Gasteiger partial charge in [-0.05, 0) is 0 Å². The molecule has 0 heterocycles. The summed E-state index contributed by atoms with van der Waals surface area (Å²) < 4.78 is 481. The first-order valence-electron chi connectivity index (χ1n) is 14.9. The fourth-order valence-electron chi connectivity index (χ4n) is 1.84. The number of hydrogen-bond donors (Lipinski definition) is 0. The molecular weight excluding hydrogens is 1480 g/mol. The van der Waals surface area contributed by atoms with Gasteiger partial charge in [0.05, 0.1) is 0 Å². The average molecular weight is 1480 g/mol. The molecule has 56 heteroatoms. The van der Waals surface area contributed by atoms with E-state index in [0.717, 1.165) is 0 Å². The van der Waals surface area contributed by atoms with Crippen LogP contribution >= 0.6 is 0 Å². The molecule has 0 rings (SSSR count). The van der Waals surface area contributed by atoms with E-state index >= 15 is 0 Å². The molecule has 0 aromatic carbocycles. The van der Waals surface area contributed by atoms with E-state index in [4.69, 9.17) is 0 Å². The molecule has 0 saturated heterocycles. The number of carboxylic acids is 6. The Balaban J connectivity index is -0.000000129. The van der Waals surface area contributed by atoms with Gasteiger partial charge in [0.1, 0.15) is 35.8 Å². The molecule has 0 aromatic heterocycles. The van der Waals surface area contributed by atoms with Crippen molar-refractivity contribution >= 4 is 35.8 Å². The standard InChI is InChI=1S/6C4HF7O2.2Rh/c6*5-2(6,1(12)13)3(7,8)4(9,10)11;;/h6*(H,12,13);;/q;;;;;;2*+3/p-6. The first kappa shape index (κ1) is 91.6. The maximum absolute atomic E-state index is 11.7. The van der Waals surface area contributed by atoms with Crippen LogP contribution in [-0.4, -0.2) is 144 Å². The Labute approximate surface area is 427 Å². The topological polar surface area (TPSA) is 241 Å². The Morgan fingerprint density at radius 3 is 0.225 bits per heavy atom. The van der Waals surface area contributed by atoms with E-state index in [2.05, 4.69) is 0 Å². The maximum atomic E-state index is 11.7. The Morgan fingerprint density at radius 1 is 0.163 bits per heavy atom. The number of halogens is 42. The van der Waals surface area contributed by atoms with Gasteiger partial charge in [-0.15, -0.1) is 0 Å². The van der Waals surface area contributed by atoms with E-state index in [0.29, 0.717) is 0 Å². The molecule has 0 radical (unpaired) electrons. The summed E-state index contributed by atoms with van der Waals surface area (Å²) in [6, 6.07) is 0. The molecule has 0 atom stereocenters. The van der Waals surface area contributed by atoms with E-state index in [1.165, 1.54) is 0 Å². The third-order valence-electron chi connectivity index (χ3n) is 6.04. The largest absolute Gasteiger partial charge is 3.00 e. The van der Waals surface area contributed by atoms with Crippen molar-refractivity contribution in [1.29, 1.82) is 0 Å². The number of carbonyl (C=O) groups excluding carboxylic acids is 6. The molecule has 0 unspecified atom stereocenters. The normalized spacial score (nSPS) is 14.0. The predicted octanol–water partition coefficient (Wildman–Crippen LogP) is 3.41. The molecule has 0 bridgehead atoms. The molecule has 80 heavy (non-hydrogen) atoms. The van der Waals surface area contributed by atoms with Crippen molar-refractivity contribution < 1.29 is 283 Å². The van der Waals surface area contributed by atoms with Crippen molar-refractivity contribution in [3.05, 3.63) is 0 Å². The van der Waals surface area contributed by atoms with Crippen LogP contribution in [0.25, 0.3) is 0 Å². The minimum atomic E-state index is -6.64. The number of rotatable bonds is 12. The van der Waals surface area contributed by atoms with Crippen molar-refractivity contribution in [2.24, 2.45) is 0 Å². The van der Waals surface area contributed by atoms with Crippen LogP contribution in [0.4, 0.5) is 184 Å². The van der Waals surface area contributed by atoms with Crippen LogP contribution in [-0.2, 0) is 67.7 Å². The fourth-order valence-corrected chi connectivity index (χ4v) is 1.84. The predicted molar refractivity (Wildman–Crippen MR) is 126 cm³/mol. The second kappa shape index (κ2) is 27.0. The van der Waals surface area contributed by atoms with Crippen molar-refractivity contribution in [2.45, 2.75) is 108 Å².